The number of rotatable bonds is 1. The lowest BCUT2D eigenvalue weighted by molar-refractivity contribution is -0.668. The van der Waals surface area contributed by atoms with Crippen LogP contribution in [0.15, 0.2) is 24.3 Å². The molecule has 0 saturated heterocycles. The molecular formula is C14H21ClN2. The van der Waals surface area contributed by atoms with Gasteiger partial charge in [0.15, 0.2) is 0 Å². The van der Waals surface area contributed by atoms with Crippen LogP contribution in [-0.4, -0.2) is 26.2 Å². The molecule has 0 bridgehead atoms. The summed E-state index contributed by atoms with van der Waals surface area (Å²) >= 11 is 0. The van der Waals surface area contributed by atoms with E-state index in [1.54, 1.807) is 5.56 Å². The van der Waals surface area contributed by atoms with Crippen LogP contribution in [0.4, 0.5) is 5.69 Å². The van der Waals surface area contributed by atoms with Gasteiger partial charge in [-0.15, -0.1) is 0 Å². The summed E-state index contributed by atoms with van der Waals surface area (Å²) in [5, 5.41) is 2.42. The van der Waals surface area contributed by atoms with Crippen LogP contribution in [0.2, 0.25) is 0 Å². The zero-order valence-electron chi connectivity index (χ0n) is 10.6. The number of likely N-dealkylation sites (N-methyl/N-ethyl adjacent to an activating group) is 2. The van der Waals surface area contributed by atoms with Gasteiger partial charge in [-0.1, -0.05) is 18.2 Å². The lowest BCUT2D eigenvalue weighted by atomic mass is 9.79. The first-order valence-electron chi connectivity index (χ1n) is 6.44. The Kier molecular flexibility index (Phi) is 3.64. The van der Waals surface area contributed by atoms with Gasteiger partial charge in [-0.05, 0) is 24.5 Å². The normalized spacial score (nSPS) is 30.5. The summed E-state index contributed by atoms with van der Waals surface area (Å²) in [6, 6.07) is 10.5. The molecule has 0 spiro atoms. The molecule has 1 aromatic rings. The van der Waals surface area contributed by atoms with Gasteiger partial charge in [-0.3, -0.25) is 0 Å². The highest BCUT2D eigenvalue weighted by atomic mass is 35.5. The van der Waals surface area contributed by atoms with Gasteiger partial charge < -0.3 is 22.6 Å². The molecule has 1 saturated carbocycles. The third-order valence-electron chi connectivity index (χ3n) is 4.50. The molecule has 2 N–H and O–H groups in total. The van der Waals surface area contributed by atoms with E-state index in [0.29, 0.717) is 0 Å². The Morgan fingerprint density at radius 2 is 2.00 bits per heavy atom. The number of hydrogen-bond acceptors (Lipinski definition) is 1. The molecule has 0 amide bonds. The molecule has 2 aliphatic rings. The first-order valence-corrected chi connectivity index (χ1v) is 6.44. The van der Waals surface area contributed by atoms with Crippen molar-refractivity contribution in [3.8, 4) is 0 Å². The van der Waals surface area contributed by atoms with Crippen molar-refractivity contribution in [1.29, 1.82) is 0 Å². The maximum atomic E-state index is 2.52. The first kappa shape index (κ1) is 12.7. The lowest BCUT2D eigenvalue weighted by Gasteiger charge is -2.35. The monoisotopic (exact) mass is 252 g/mol. The second-order valence-electron chi connectivity index (χ2n) is 5.19. The van der Waals surface area contributed by atoms with Crippen molar-refractivity contribution < 1.29 is 17.7 Å². The van der Waals surface area contributed by atoms with Gasteiger partial charge in [0.25, 0.3) is 0 Å². The van der Waals surface area contributed by atoms with E-state index in [4.69, 9.17) is 0 Å². The van der Waals surface area contributed by atoms with Gasteiger partial charge in [0.05, 0.1) is 13.1 Å². The lowest BCUT2D eigenvalue weighted by Crippen LogP contribution is -3.00. The zero-order chi connectivity index (χ0) is 11.1. The fourth-order valence-corrected chi connectivity index (χ4v) is 3.76. The highest BCUT2D eigenvalue weighted by Crippen LogP contribution is 2.46. The van der Waals surface area contributed by atoms with E-state index in [-0.39, 0.29) is 12.4 Å². The highest BCUT2D eigenvalue weighted by molar-refractivity contribution is 5.61. The summed E-state index contributed by atoms with van der Waals surface area (Å²) in [5.41, 5.74) is 3.05. The number of benzene rings is 1. The standard InChI is InChI=1S/C14H20N2.ClH/c1-15-12-8-5-7-11-10-6-3-4-9-13(10)16(2)14(11)12;/h3-4,6,9,11-12,14-15H,5,7-8H2,1-2H3;1H. The number of nitrogens with two attached hydrogens (primary N) is 1. The van der Waals surface area contributed by atoms with E-state index in [2.05, 4.69) is 48.6 Å². The topological polar surface area (TPSA) is 19.9 Å². The minimum atomic E-state index is 0. The Morgan fingerprint density at radius 3 is 2.76 bits per heavy atom. The van der Waals surface area contributed by atoms with E-state index in [1.807, 2.05) is 0 Å². The van der Waals surface area contributed by atoms with E-state index in [0.717, 1.165) is 18.0 Å². The number of fused-ring (bicyclic) bond motifs is 3. The van der Waals surface area contributed by atoms with Crippen LogP contribution < -0.4 is 22.6 Å². The molecule has 3 unspecified atom stereocenters. The molecule has 2 nitrogen and oxygen atoms in total. The van der Waals surface area contributed by atoms with Crippen molar-refractivity contribution in [1.82, 2.24) is 0 Å². The molecule has 3 heteroatoms. The predicted molar refractivity (Wildman–Crippen MR) is 66.9 cm³/mol. The van der Waals surface area contributed by atoms with Crippen LogP contribution in [0, 0.1) is 0 Å². The predicted octanol–water partition coefficient (Wildman–Crippen LogP) is -1.66. The summed E-state index contributed by atoms with van der Waals surface area (Å²) < 4.78 is 0. The van der Waals surface area contributed by atoms with Crippen molar-refractivity contribution >= 4 is 5.69 Å². The zero-order valence-corrected chi connectivity index (χ0v) is 11.3. The molecule has 0 radical (unpaired) electrons. The Bertz CT molecular complexity index is 394. The minimum Gasteiger partial charge on any atom is -1.00 e. The van der Waals surface area contributed by atoms with E-state index in [9.17, 15) is 0 Å². The maximum Gasteiger partial charge on any atom is 0.107 e. The average molecular weight is 253 g/mol. The molecule has 1 fully saturated rings. The Morgan fingerprint density at radius 1 is 1.24 bits per heavy atom. The third kappa shape index (κ3) is 1.84. The van der Waals surface area contributed by atoms with E-state index < -0.39 is 0 Å². The summed E-state index contributed by atoms with van der Waals surface area (Å²) in [6.45, 7) is 0. The van der Waals surface area contributed by atoms with Crippen molar-refractivity contribution in [2.45, 2.75) is 37.3 Å². The van der Waals surface area contributed by atoms with Gasteiger partial charge in [-0.2, -0.15) is 0 Å². The van der Waals surface area contributed by atoms with Crippen LogP contribution in [0.3, 0.4) is 0 Å². The molecule has 94 valence electrons. The molecule has 17 heavy (non-hydrogen) atoms. The fraction of sp³-hybridized carbons (Fsp3) is 0.571. The molecule has 3 atom stereocenters. The Hall–Kier alpha value is -0.730. The second kappa shape index (κ2) is 4.87. The number of para-hydroxylation sites is 1. The largest absolute Gasteiger partial charge is 1.00 e. The van der Waals surface area contributed by atoms with E-state index in [1.165, 1.54) is 24.9 Å². The molecule has 1 aliphatic carbocycles. The molecule has 1 aromatic carbocycles. The van der Waals surface area contributed by atoms with Gasteiger partial charge in [0.1, 0.15) is 6.04 Å². The van der Waals surface area contributed by atoms with Crippen LogP contribution in [0.5, 0.6) is 0 Å². The smallest absolute Gasteiger partial charge is 0.107 e. The van der Waals surface area contributed by atoms with Crippen LogP contribution in [-0.2, 0) is 0 Å². The number of quaternary nitrogens is 1. The molecule has 0 aromatic heterocycles. The quantitative estimate of drug-likeness (QED) is 0.634. The second-order valence-corrected chi connectivity index (χ2v) is 5.19. The van der Waals surface area contributed by atoms with Gasteiger partial charge >= 0.3 is 0 Å². The summed E-state index contributed by atoms with van der Waals surface area (Å²) in [6.07, 6.45) is 4.13. The van der Waals surface area contributed by atoms with Crippen molar-refractivity contribution in [2.75, 3.05) is 19.0 Å². The number of anilines is 1. The van der Waals surface area contributed by atoms with Crippen molar-refractivity contribution in [3.63, 3.8) is 0 Å². The van der Waals surface area contributed by atoms with Gasteiger partial charge in [0, 0.05) is 25.1 Å². The number of hydrogen-bond donors (Lipinski definition) is 1. The third-order valence-corrected chi connectivity index (χ3v) is 4.50. The number of halogens is 1. The van der Waals surface area contributed by atoms with Crippen LogP contribution >= 0.6 is 0 Å². The van der Waals surface area contributed by atoms with Crippen molar-refractivity contribution in [3.05, 3.63) is 29.8 Å². The Labute approximate surface area is 110 Å². The van der Waals surface area contributed by atoms with Gasteiger partial charge in [-0.25, -0.2) is 0 Å². The number of nitrogens with zero attached hydrogens (tertiary/aromatic N) is 1. The Balaban J connectivity index is 0.00000108. The highest BCUT2D eigenvalue weighted by Gasteiger charge is 2.44. The molecule has 1 aliphatic heterocycles. The van der Waals surface area contributed by atoms with Crippen LogP contribution in [0.25, 0.3) is 0 Å². The fourth-order valence-electron chi connectivity index (χ4n) is 3.76. The summed E-state index contributed by atoms with van der Waals surface area (Å²) in [5.74, 6) is 0.774. The van der Waals surface area contributed by atoms with Crippen LogP contribution in [0.1, 0.15) is 30.7 Å². The van der Waals surface area contributed by atoms with Crippen molar-refractivity contribution in [2.24, 2.45) is 0 Å². The van der Waals surface area contributed by atoms with E-state index >= 15 is 0 Å². The molecule has 3 rings (SSSR count). The first-order chi connectivity index (χ1) is 7.83. The summed E-state index contributed by atoms with van der Waals surface area (Å²) in [4.78, 5) is 2.52. The minimum absolute atomic E-state index is 0. The SMILES string of the molecule is C[NH2+]C1CCCC2c3ccccc3N(C)C12.[Cl-]. The summed E-state index contributed by atoms with van der Waals surface area (Å²) in [7, 11) is 4.50. The average Bonchev–Trinajstić information content (AvgIpc) is 2.64. The molecule has 1 heterocycles. The van der Waals surface area contributed by atoms with Gasteiger partial charge in [0.2, 0.25) is 0 Å². The maximum absolute atomic E-state index is 2.52. The molecular weight excluding hydrogens is 232 g/mol.